The van der Waals surface area contributed by atoms with Crippen LogP contribution in [-0.4, -0.2) is 40.2 Å². The molecule has 1 aromatic carbocycles. The van der Waals surface area contributed by atoms with E-state index in [0.717, 1.165) is 5.56 Å². The Labute approximate surface area is 121 Å². The summed E-state index contributed by atoms with van der Waals surface area (Å²) in [4.78, 5) is 33.3. The van der Waals surface area contributed by atoms with Gasteiger partial charge in [0.05, 0.1) is 6.42 Å². The Balaban J connectivity index is 2.64. The van der Waals surface area contributed by atoms with Gasteiger partial charge in [0, 0.05) is 0 Å². The molecule has 0 aliphatic carbocycles. The Morgan fingerprint density at radius 3 is 2.48 bits per heavy atom. The van der Waals surface area contributed by atoms with Gasteiger partial charge < -0.3 is 20.3 Å². The van der Waals surface area contributed by atoms with Crippen LogP contribution in [0.25, 0.3) is 0 Å². The van der Waals surface area contributed by atoms with E-state index in [2.05, 4.69) is 5.32 Å². The molecule has 0 heterocycles. The number of amides is 1. The lowest BCUT2D eigenvalue weighted by atomic mass is 10.2. The lowest BCUT2D eigenvalue weighted by Gasteiger charge is -2.18. The van der Waals surface area contributed by atoms with Crippen LogP contribution < -0.4 is 10.1 Å². The Morgan fingerprint density at radius 2 is 1.95 bits per heavy atom. The highest BCUT2D eigenvalue weighted by Gasteiger charge is 2.26. The summed E-state index contributed by atoms with van der Waals surface area (Å²) < 4.78 is 5.39. The van der Waals surface area contributed by atoms with Crippen molar-refractivity contribution in [1.82, 2.24) is 5.32 Å². The molecule has 114 valence electrons. The van der Waals surface area contributed by atoms with Gasteiger partial charge in [-0.2, -0.15) is 0 Å². The fourth-order valence-electron chi connectivity index (χ4n) is 1.61. The van der Waals surface area contributed by atoms with Gasteiger partial charge >= 0.3 is 11.9 Å². The number of hydrogen-bond acceptors (Lipinski definition) is 4. The highest BCUT2D eigenvalue weighted by molar-refractivity contribution is 5.88. The Hall–Kier alpha value is -2.57. The van der Waals surface area contributed by atoms with E-state index >= 15 is 0 Å². The molecule has 7 nitrogen and oxygen atoms in total. The van der Waals surface area contributed by atoms with Gasteiger partial charge in [0.2, 0.25) is 0 Å². The third-order valence-corrected chi connectivity index (χ3v) is 2.66. The van der Waals surface area contributed by atoms with E-state index in [-0.39, 0.29) is 0 Å². The second kappa shape index (κ2) is 7.28. The number of carbonyl (C=O) groups is 3. The molecule has 0 aliphatic heterocycles. The topological polar surface area (TPSA) is 113 Å². The fourth-order valence-corrected chi connectivity index (χ4v) is 1.61. The minimum atomic E-state index is -1.49. The molecular weight excluding hydrogens is 278 g/mol. The van der Waals surface area contributed by atoms with E-state index in [1.165, 1.54) is 6.92 Å². The summed E-state index contributed by atoms with van der Waals surface area (Å²) in [7, 11) is 0. The average Bonchev–Trinajstić information content (AvgIpc) is 2.37. The summed E-state index contributed by atoms with van der Waals surface area (Å²) in [6.45, 7) is 3.32. The summed E-state index contributed by atoms with van der Waals surface area (Å²) in [5, 5.41) is 19.6. The molecule has 2 atom stereocenters. The predicted molar refractivity (Wildman–Crippen MR) is 73.1 cm³/mol. The molecule has 0 radical (unpaired) electrons. The number of ether oxygens (including phenoxy) is 1. The zero-order valence-corrected chi connectivity index (χ0v) is 11.7. The number of carboxylic acids is 2. The Kier molecular flexibility index (Phi) is 5.71. The van der Waals surface area contributed by atoms with Crippen LogP contribution >= 0.6 is 0 Å². The van der Waals surface area contributed by atoms with Gasteiger partial charge in [-0.1, -0.05) is 12.1 Å². The molecule has 7 heteroatoms. The third kappa shape index (κ3) is 5.52. The first-order valence-corrected chi connectivity index (χ1v) is 6.28. The molecule has 1 unspecified atom stereocenters. The van der Waals surface area contributed by atoms with Gasteiger partial charge in [-0.3, -0.25) is 9.59 Å². The van der Waals surface area contributed by atoms with Gasteiger partial charge in [0.1, 0.15) is 11.8 Å². The van der Waals surface area contributed by atoms with Crippen LogP contribution in [0.4, 0.5) is 0 Å². The molecule has 21 heavy (non-hydrogen) atoms. The predicted octanol–water partition coefficient (Wildman–Crippen LogP) is 0.806. The second-order valence-electron chi connectivity index (χ2n) is 4.57. The molecule has 0 aliphatic rings. The molecule has 0 saturated carbocycles. The van der Waals surface area contributed by atoms with Crippen LogP contribution in [0.2, 0.25) is 0 Å². The molecule has 0 saturated heterocycles. The summed E-state index contributed by atoms with van der Waals surface area (Å²) >= 11 is 0. The largest absolute Gasteiger partial charge is 0.481 e. The Bertz CT molecular complexity index is 542. The highest BCUT2D eigenvalue weighted by Crippen LogP contribution is 2.14. The van der Waals surface area contributed by atoms with Gasteiger partial charge in [-0.15, -0.1) is 0 Å². The molecule has 0 spiro atoms. The lowest BCUT2D eigenvalue weighted by Crippen LogP contribution is -2.47. The number of aliphatic carboxylic acids is 2. The van der Waals surface area contributed by atoms with Gasteiger partial charge in [-0.25, -0.2) is 4.79 Å². The van der Waals surface area contributed by atoms with E-state index in [9.17, 15) is 14.4 Å². The highest BCUT2D eigenvalue weighted by atomic mass is 16.5. The first kappa shape index (κ1) is 16.5. The average molecular weight is 295 g/mol. The van der Waals surface area contributed by atoms with Crippen molar-refractivity contribution in [3.05, 3.63) is 29.8 Å². The van der Waals surface area contributed by atoms with Crippen LogP contribution in [-0.2, 0) is 14.4 Å². The SMILES string of the molecule is Cc1cccc(OC(C)C(=O)N[C@@H](CC(=O)O)C(=O)O)c1. The molecule has 0 aromatic heterocycles. The summed E-state index contributed by atoms with van der Waals surface area (Å²) in [6, 6.07) is 5.54. The standard InChI is InChI=1S/C14H17NO6/c1-8-4-3-5-10(6-8)21-9(2)13(18)15-11(14(19)20)7-12(16)17/h3-6,9,11H,7H2,1-2H3,(H,15,18)(H,16,17)(H,19,20)/t9?,11-/m0/s1. The minimum Gasteiger partial charge on any atom is -0.481 e. The molecule has 1 amide bonds. The number of rotatable bonds is 7. The molecule has 1 rings (SSSR count). The number of carbonyl (C=O) groups excluding carboxylic acids is 1. The maximum absolute atomic E-state index is 11.8. The van der Waals surface area contributed by atoms with Crippen molar-refractivity contribution >= 4 is 17.8 Å². The quantitative estimate of drug-likeness (QED) is 0.686. The van der Waals surface area contributed by atoms with Crippen LogP contribution in [0, 0.1) is 6.92 Å². The van der Waals surface area contributed by atoms with Crippen molar-refractivity contribution in [1.29, 1.82) is 0 Å². The number of nitrogens with one attached hydrogen (secondary N) is 1. The van der Waals surface area contributed by atoms with Crippen molar-refractivity contribution in [3.63, 3.8) is 0 Å². The monoisotopic (exact) mass is 295 g/mol. The normalized spacial score (nSPS) is 13.0. The smallest absolute Gasteiger partial charge is 0.326 e. The van der Waals surface area contributed by atoms with Gasteiger partial charge in [-0.05, 0) is 31.5 Å². The molecule has 3 N–H and O–H groups in total. The van der Waals surface area contributed by atoms with E-state index < -0.39 is 36.4 Å². The van der Waals surface area contributed by atoms with E-state index in [0.29, 0.717) is 5.75 Å². The van der Waals surface area contributed by atoms with Crippen LogP contribution in [0.5, 0.6) is 5.75 Å². The molecule has 0 bridgehead atoms. The Morgan fingerprint density at radius 1 is 1.29 bits per heavy atom. The van der Waals surface area contributed by atoms with Crippen molar-refractivity contribution in [2.45, 2.75) is 32.4 Å². The molecule has 1 aromatic rings. The van der Waals surface area contributed by atoms with Crippen molar-refractivity contribution in [2.24, 2.45) is 0 Å². The van der Waals surface area contributed by atoms with Crippen molar-refractivity contribution < 1.29 is 29.3 Å². The number of benzene rings is 1. The van der Waals surface area contributed by atoms with Crippen molar-refractivity contribution in [2.75, 3.05) is 0 Å². The van der Waals surface area contributed by atoms with Gasteiger partial charge in [0.25, 0.3) is 5.91 Å². The number of hydrogen-bond donors (Lipinski definition) is 3. The fraction of sp³-hybridized carbons (Fsp3) is 0.357. The van der Waals surface area contributed by atoms with E-state index in [4.69, 9.17) is 14.9 Å². The molecule has 0 fully saturated rings. The number of carboxylic acid groups (broad SMARTS) is 2. The van der Waals surface area contributed by atoms with Crippen LogP contribution in [0.3, 0.4) is 0 Å². The van der Waals surface area contributed by atoms with E-state index in [1.807, 2.05) is 13.0 Å². The summed E-state index contributed by atoms with van der Waals surface area (Å²) in [6.07, 6.45) is -1.64. The molecular formula is C14H17NO6. The van der Waals surface area contributed by atoms with Crippen LogP contribution in [0.15, 0.2) is 24.3 Å². The number of aryl methyl sites for hydroxylation is 1. The summed E-state index contributed by atoms with van der Waals surface area (Å²) in [5.41, 5.74) is 0.953. The zero-order chi connectivity index (χ0) is 16.0. The van der Waals surface area contributed by atoms with Gasteiger partial charge in [0.15, 0.2) is 6.10 Å². The maximum atomic E-state index is 11.8. The second-order valence-corrected chi connectivity index (χ2v) is 4.57. The van der Waals surface area contributed by atoms with Crippen molar-refractivity contribution in [3.8, 4) is 5.75 Å². The first-order valence-electron chi connectivity index (χ1n) is 6.28. The zero-order valence-electron chi connectivity index (χ0n) is 11.7. The van der Waals surface area contributed by atoms with E-state index in [1.54, 1.807) is 18.2 Å². The van der Waals surface area contributed by atoms with Crippen LogP contribution in [0.1, 0.15) is 18.9 Å². The lowest BCUT2D eigenvalue weighted by molar-refractivity contribution is -0.147. The minimum absolute atomic E-state index is 0.475. The maximum Gasteiger partial charge on any atom is 0.326 e. The third-order valence-electron chi connectivity index (χ3n) is 2.66. The first-order chi connectivity index (χ1) is 9.79. The summed E-state index contributed by atoms with van der Waals surface area (Å²) in [5.74, 6) is -2.93.